The summed E-state index contributed by atoms with van der Waals surface area (Å²) in [7, 11) is -8.83. The first-order valence-electron chi connectivity index (χ1n) is 6.46. The van der Waals surface area contributed by atoms with E-state index in [1.807, 2.05) is 6.07 Å². The Labute approximate surface area is 119 Å². The third-order valence-electron chi connectivity index (χ3n) is 3.04. The molecule has 0 aliphatic heterocycles. The zero-order chi connectivity index (χ0) is 15.4. The first kappa shape index (κ1) is 17.5. The predicted octanol–water partition coefficient (Wildman–Crippen LogP) is 1.09. The van der Waals surface area contributed by atoms with E-state index in [0.29, 0.717) is 0 Å². The summed E-state index contributed by atoms with van der Waals surface area (Å²) >= 11 is 0. The minimum Gasteiger partial charge on any atom is -0.778 e. The van der Waals surface area contributed by atoms with Gasteiger partial charge in [-0.2, -0.15) is 0 Å². The molecule has 2 N–H and O–H groups in total. The summed E-state index contributed by atoms with van der Waals surface area (Å²) in [4.78, 5) is 29.9. The summed E-state index contributed by atoms with van der Waals surface area (Å²) in [5.41, 5.74) is 1.02. The summed E-state index contributed by atoms with van der Waals surface area (Å²) in [5.74, 6) is 0. The quantitative estimate of drug-likeness (QED) is 0.578. The van der Waals surface area contributed by atoms with E-state index in [0.717, 1.165) is 31.5 Å². The fourth-order valence-electron chi connectivity index (χ4n) is 1.93. The molecule has 0 aliphatic rings. The first-order valence-corrected chi connectivity index (χ1v) is 10.3. The lowest BCUT2D eigenvalue weighted by molar-refractivity contribution is -0.695. The zero-order valence-electron chi connectivity index (χ0n) is 11.7. The molecule has 3 unspecified atom stereocenters. The van der Waals surface area contributed by atoms with Gasteiger partial charge in [0, 0.05) is 18.3 Å². The topological polar surface area (TPSA) is 102 Å². The highest BCUT2D eigenvalue weighted by Gasteiger charge is 2.37. The van der Waals surface area contributed by atoms with E-state index in [9.17, 15) is 18.9 Å². The van der Waals surface area contributed by atoms with Crippen LogP contribution >= 0.6 is 15.0 Å². The van der Waals surface area contributed by atoms with Crippen molar-refractivity contribution in [2.24, 2.45) is 0 Å². The number of unbranched alkanes of at least 4 members (excludes halogenated alkanes) is 1. The molecule has 8 heteroatoms. The van der Waals surface area contributed by atoms with Gasteiger partial charge >= 0.3 is 0 Å². The van der Waals surface area contributed by atoms with Gasteiger partial charge in [-0.15, -0.1) is 0 Å². The normalized spacial score (nSPS) is 19.1. The molecule has 0 aliphatic carbocycles. The van der Waals surface area contributed by atoms with Gasteiger partial charge < -0.3 is 19.2 Å². The van der Waals surface area contributed by atoms with E-state index in [1.54, 1.807) is 18.5 Å². The van der Waals surface area contributed by atoms with Gasteiger partial charge in [-0.3, -0.25) is 4.57 Å². The van der Waals surface area contributed by atoms with Crippen LogP contribution in [0.1, 0.15) is 25.3 Å². The number of hydrogen-bond donors (Lipinski definition) is 2. The Bertz CT molecular complexity index is 514. The third kappa shape index (κ3) is 5.47. The van der Waals surface area contributed by atoms with E-state index in [4.69, 9.17) is 4.89 Å². The molecular weight excluding hydrogens is 300 g/mol. The first-order chi connectivity index (χ1) is 9.14. The number of hydrogen-bond acceptors (Lipinski definition) is 3. The molecule has 0 radical (unpaired) electrons. The van der Waals surface area contributed by atoms with Crippen LogP contribution in [0, 0.1) is 0 Å². The lowest BCUT2D eigenvalue weighted by atomic mass is 10.1. The Kier molecular flexibility index (Phi) is 6.11. The molecule has 0 spiro atoms. The summed E-state index contributed by atoms with van der Waals surface area (Å²) < 4.78 is 24.4. The van der Waals surface area contributed by atoms with Crippen molar-refractivity contribution >= 4 is 15.0 Å². The van der Waals surface area contributed by atoms with E-state index in [1.165, 1.54) is 4.57 Å². The van der Waals surface area contributed by atoms with Crippen molar-refractivity contribution in [2.75, 3.05) is 6.66 Å². The zero-order valence-corrected chi connectivity index (χ0v) is 13.5. The van der Waals surface area contributed by atoms with Crippen LogP contribution < -0.4 is 9.46 Å². The molecule has 1 heterocycles. The number of aryl methyl sites for hydroxylation is 1. The molecule has 1 aromatic heterocycles. The minimum atomic E-state index is -4.88. The Hall–Kier alpha value is -0.510. The monoisotopic (exact) mass is 321 g/mol. The van der Waals surface area contributed by atoms with Gasteiger partial charge in [0.2, 0.25) is 7.37 Å². The summed E-state index contributed by atoms with van der Waals surface area (Å²) in [6.45, 7) is 2.78. The maximum Gasteiger partial charge on any atom is 0.215 e. The summed E-state index contributed by atoms with van der Waals surface area (Å²) in [5, 5.41) is -1.68. The fourth-order valence-corrected chi connectivity index (χ4v) is 4.99. The lowest BCUT2D eigenvalue weighted by Crippen LogP contribution is -2.40. The van der Waals surface area contributed by atoms with Crippen molar-refractivity contribution in [1.29, 1.82) is 0 Å². The molecule has 0 bridgehead atoms. The summed E-state index contributed by atoms with van der Waals surface area (Å²) in [6, 6.07) is 3.68. The summed E-state index contributed by atoms with van der Waals surface area (Å²) in [6.07, 6.45) is 6.28. The van der Waals surface area contributed by atoms with Crippen molar-refractivity contribution < 1.29 is 28.4 Å². The molecule has 0 fully saturated rings. The molecule has 1 aromatic rings. The van der Waals surface area contributed by atoms with Gasteiger partial charge in [-0.25, -0.2) is 4.57 Å². The molecule has 1 rings (SSSR count). The van der Waals surface area contributed by atoms with Gasteiger partial charge in [-0.1, -0.05) is 13.3 Å². The van der Waals surface area contributed by atoms with E-state index in [2.05, 4.69) is 6.92 Å². The van der Waals surface area contributed by atoms with Gasteiger partial charge in [0.25, 0.3) is 0 Å². The fraction of sp³-hybridized carbons (Fsp3) is 0.583. The highest BCUT2D eigenvalue weighted by Crippen LogP contribution is 2.57. The Morgan fingerprint density at radius 2 is 2.05 bits per heavy atom. The average Bonchev–Trinajstić information content (AvgIpc) is 2.31. The maximum atomic E-state index is 11.6. The van der Waals surface area contributed by atoms with Crippen molar-refractivity contribution in [3.63, 3.8) is 0 Å². The molecule has 0 saturated carbocycles. The number of nitrogens with zero attached hydrogens (tertiary/aromatic N) is 1. The van der Waals surface area contributed by atoms with Crippen LogP contribution in [0.4, 0.5) is 0 Å². The molecule has 3 atom stereocenters. The minimum absolute atomic E-state index is 0.235. The van der Waals surface area contributed by atoms with Gasteiger partial charge in [-0.05, 0) is 18.9 Å². The second kappa shape index (κ2) is 6.97. The molecule has 114 valence electrons. The van der Waals surface area contributed by atoms with E-state index < -0.39 is 20.4 Å². The Morgan fingerprint density at radius 1 is 1.40 bits per heavy atom. The number of pyridine rings is 1. The molecule has 0 saturated heterocycles. The predicted molar refractivity (Wildman–Crippen MR) is 74.6 cm³/mol. The highest BCUT2D eigenvalue weighted by atomic mass is 31.2. The highest BCUT2D eigenvalue weighted by molar-refractivity contribution is 7.72. The Balaban J connectivity index is 2.95. The van der Waals surface area contributed by atoms with E-state index in [-0.39, 0.29) is 6.54 Å². The van der Waals surface area contributed by atoms with Gasteiger partial charge in [0.05, 0.1) is 0 Å². The third-order valence-corrected chi connectivity index (χ3v) is 7.39. The largest absolute Gasteiger partial charge is 0.778 e. The molecule has 6 nitrogen and oxygen atoms in total. The standard InChI is InChI=1S/C12H21NO5P2/c1-3-4-6-11-7-5-8-13(9-11)10-12(19(2,14)15)20(16,17)18/h5,7-9,12H,3-4,6,10H2,1-2H3,(H2-,14,15,16,17,18). The van der Waals surface area contributed by atoms with Crippen molar-refractivity contribution in [1.82, 2.24) is 0 Å². The second-order valence-corrected chi connectivity index (χ2v) is 9.67. The second-order valence-electron chi connectivity index (χ2n) is 5.00. The van der Waals surface area contributed by atoms with Crippen molar-refractivity contribution in [2.45, 2.75) is 38.1 Å². The van der Waals surface area contributed by atoms with Crippen LogP contribution in [0.5, 0.6) is 0 Å². The van der Waals surface area contributed by atoms with Crippen LogP contribution in [0.3, 0.4) is 0 Å². The smallest absolute Gasteiger partial charge is 0.215 e. The van der Waals surface area contributed by atoms with Gasteiger partial charge in [0.15, 0.2) is 31.9 Å². The van der Waals surface area contributed by atoms with Crippen LogP contribution in [-0.4, -0.2) is 21.9 Å². The Morgan fingerprint density at radius 3 is 2.55 bits per heavy atom. The van der Waals surface area contributed by atoms with Crippen molar-refractivity contribution in [3.8, 4) is 0 Å². The maximum absolute atomic E-state index is 11.6. The van der Waals surface area contributed by atoms with Crippen LogP contribution in [-0.2, 0) is 22.1 Å². The van der Waals surface area contributed by atoms with E-state index >= 15 is 0 Å². The SMILES string of the molecule is CCCCc1ccc[n+](CC(P(C)(=O)O)P(=O)([O-])O)c1. The van der Waals surface area contributed by atoms with Crippen LogP contribution in [0.25, 0.3) is 0 Å². The molecule has 0 amide bonds. The number of rotatable bonds is 7. The molecule has 20 heavy (non-hydrogen) atoms. The molecular formula is C12H21NO5P2. The lowest BCUT2D eigenvalue weighted by Gasteiger charge is -2.26. The number of aromatic nitrogens is 1. The molecule has 0 aromatic carbocycles. The van der Waals surface area contributed by atoms with Crippen LogP contribution in [0.2, 0.25) is 0 Å². The van der Waals surface area contributed by atoms with Crippen molar-refractivity contribution in [3.05, 3.63) is 30.1 Å². The average molecular weight is 321 g/mol. The van der Waals surface area contributed by atoms with Crippen LogP contribution in [0.15, 0.2) is 24.5 Å². The van der Waals surface area contributed by atoms with Gasteiger partial charge in [0.1, 0.15) is 0 Å².